The van der Waals surface area contributed by atoms with Crippen LogP contribution in [0.5, 0.6) is 0 Å². The van der Waals surface area contributed by atoms with E-state index in [2.05, 4.69) is 10.2 Å². The molecule has 2 atom stereocenters. The summed E-state index contributed by atoms with van der Waals surface area (Å²) < 4.78 is 0. The Morgan fingerprint density at radius 3 is 2.92 bits per heavy atom. The third-order valence-electron chi connectivity index (χ3n) is 2.99. The van der Waals surface area contributed by atoms with Gasteiger partial charge in [0.25, 0.3) is 0 Å². The molecular formula is C9H19N3. The normalized spacial score (nSPS) is 37.8. The molecule has 0 saturated carbocycles. The van der Waals surface area contributed by atoms with E-state index in [0.717, 1.165) is 12.5 Å². The third-order valence-corrected chi connectivity index (χ3v) is 2.99. The first kappa shape index (κ1) is 8.48. The summed E-state index contributed by atoms with van der Waals surface area (Å²) in [7, 11) is 0. The number of hydrogen-bond donors (Lipinski definition) is 2. The van der Waals surface area contributed by atoms with Crippen LogP contribution in [0.1, 0.15) is 12.8 Å². The van der Waals surface area contributed by atoms with Crippen LogP contribution in [-0.4, -0.2) is 43.7 Å². The summed E-state index contributed by atoms with van der Waals surface area (Å²) >= 11 is 0. The SMILES string of the molecule is N[C@H]1CCN(CC2CCNC2)C1. The van der Waals surface area contributed by atoms with Gasteiger partial charge in [0.1, 0.15) is 0 Å². The molecule has 0 aromatic carbocycles. The van der Waals surface area contributed by atoms with Gasteiger partial charge in [-0.1, -0.05) is 0 Å². The van der Waals surface area contributed by atoms with Gasteiger partial charge in [-0.15, -0.1) is 0 Å². The van der Waals surface area contributed by atoms with E-state index in [1.54, 1.807) is 0 Å². The average molecular weight is 169 g/mol. The molecule has 70 valence electrons. The molecule has 2 aliphatic rings. The highest BCUT2D eigenvalue weighted by molar-refractivity contribution is 4.82. The van der Waals surface area contributed by atoms with E-state index in [-0.39, 0.29) is 0 Å². The van der Waals surface area contributed by atoms with Crippen molar-refractivity contribution in [3.63, 3.8) is 0 Å². The molecule has 0 spiro atoms. The lowest BCUT2D eigenvalue weighted by Gasteiger charge is -2.18. The predicted octanol–water partition coefficient (Wildman–Crippen LogP) is -0.371. The molecule has 0 aromatic heterocycles. The minimum absolute atomic E-state index is 0.444. The van der Waals surface area contributed by atoms with Crippen LogP contribution >= 0.6 is 0 Å². The highest BCUT2D eigenvalue weighted by Crippen LogP contribution is 2.14. The maximum absolute atomic E-state index is 5.84. The number of rotatable bonds is 2. The molecule has 3 heteroatoms. The van der Waals surface area contributed by atoms with Crippen LogP contribution in [0.2, 0.25) is 0 Å². The van der Waals surface area contributed by atoms with Gasteiger partial charge < -0.3 is 16.0 Å². The first-order valence-corrected chi connectivity index (χ1v) is 5.03. The molecule has 2 rings (SSSR count). The Hall–Kier alpha value is -0.120. The minimum atomic E-state index is 0.444. The summed E-state index contributed by atoms with van der Waals surface area (Å²) in [6, 6.07) is 0.444. The molecular weight excluding hydrogens is 150 g/mol. The Bertz CT molecular complexity index is 143. The minimum Gasteiger partial charge on any atom is -0.326 e. The summed E-state index contributed by atoms with van der Waals surface area (Å²) in [5.41, 5.74) is 5.84. The van der Waals surface area contributed by atoms with Crippen LogP contribution < -0.4 is 11.1 Å². The molecule has 0 bridgehead atoms. The van der Waals surface area contributed by atoms with Crippen molar-refractivity contribution in [1.29, 1.82) is 0 Å². The van der Waals surface area contributed by atoms with Gasteiger partial charge in [-0.25, -0.2) is 0 Å². The standard InChI is InChI=1S/C9H19N3/c10-9-2-4-12(7-9)6-8-1-3-11-5-8/h8-9,11H,1-7,10H2/t8?,9-/m0/s1. The molecule has 2 fully saturated rings. The molecule has 3 N–H and O–H groups in total. The van der Waals surface area contributed by atoms with Gasteiger partial charge in [0.05, 0.1) is 0 Å². The van der Waals surface area contributed by atoms with Gasteiger partial charge in [-0.3, -0.25) is 0 Å². The topological polar surface area (TPSA) is 41.3 Å². The Morgan fingerprint density at radius 2 is 2.33 bits per heavy atom. The van der Waals surface area contributed by atoms with Crippen molar-refractivity contribution in [3.05, 3.63) is 0 Å². The predicted molar refractivity (Wildman–Crippen MR) is 50.0 cm³/mol. The summed E-state index contributed by atoms with van der Waals surface area (Å²) in [5, 5.41) is 3.40. The van der Waals surface area contributed by atoms with Crippen LogP contribution in [0.25, 0.3) is 0 Å². The second-order valence-electron chi connectivity index (χ2n) is 4.17. The zero-order valence-corrected chi connectivity index (χ0v) is 7.63. The maximum Gasteiger partial charge on any atom is 0.0180 e. The van der Waals surface area contributed by atoms with E-state index in [0.29, 0.717) is 6.04 Å². The van der Waals surface area contributed by atoms with E-state index in [1.165, 1.54) is 39.0 Å². The fourth-order valence-corrected chi connectivity index (χ4v) is 2.26. The lowest BCUT2D eigenvalue weighted by molar-refractivity contribution is 0.284. The highest BCUT2D eigenvalue weighted by atomic mass is 15.2. The van der Waals surface area contributed by atoms with Gasteiger partial charge in [-0.05, 0) is 38.4 Å². The van der Waals surface area contributed by atoms with Crippen molar-refractivity contribution in [1.82, 2.24) is 10.2 Å². The third kappa shape index (κ3) is 1.97. The zero-order valence-electron chi connectivity index (χ0n) is 7.63. The van der Waals surface area contributed by atoms with E-state index in [1.807, 2.05) is 0 Å². The van der Waals surface area contributed by atoms with Crippen LogP contribution in [0.4, 0.5) is 0 Å². The molecule has 1 unspecified atom stereocenters. The lowest BCUT2D eigenvalue weighted by Crippen LogP contribution is -2.31. The Kier molecular flexibility index (Phi) is 2.63. The van der Waals surface area contributed by atoms with Crippen LogP contribution in [0.3, 0.4) is 0 Å². The van der Waals surface area contributed by atoms with Crippen LogP contribution in [-0.2, 0) is 0 Å². The average Bonchev–Trinajstić information content (AvgIpc) is 2.63. The van der Waals surface area contributed by atoms with E-state index in [4.69, 9.17) is 5.73 Å². The second-order valence-corrected chi connectivity index (χ2v) is 4.17. The number of hydrogen-bond acceptors (Lipinski definition) is 3. The van der Waals surface area contributed by atoms with Gasteiger partial charge in [0.15, 0.2) is 0 Å². The largest absolute Gasteiger partial charge is 0.326 e. The second kappa shape index (κ2) is 3.73. The van der Waals surface area contributed by atoms with Crippen molar-refractivity contribution < 1.29 is 0 Å². The van der Waals surface area contributed by atoms with Gasteiger partial charge in [0, 0.05) is 19.1 Å². The highest BCUT2D eigenvalue weighted by Gasteiger charge is 2.23. The number of nitrogens with zero attached hydrogens (tertiary/aromatic N) is 1. The van der Waals surface area contributed by atoms with Crippen molar-refractivity contribution in [2.45, 2.75) is 18.9 Å². The van der Waals surface area contributed by atoms with Crippen molar-refractivity contribution in [3.8, 4) is 0 Å². The van der Waals surface area contributed by atoms with Gasteiger partial charge >= 0.3 is 0 Å². The first-order valence-electron chi connectivity index (χ1n) is 5.03. The fraction of sp³-hybridized carbons (Fsp3) is 1.00. The zero-order chi connectivity index (χ0) is 8.39. The molecule has 3 nitrogen and oxygen atoms in total. The van der Waals surface area contributed by atoms with E-state index < -0.39 is 0 Å². The molecule has 2 saturated heterocycles. The summed E-state index contributed by atoms with van der Waals surface area (Å²) in [6.07, 6.45) is 2.55. The quantitative estimate of drug-likeness (QED) is 0.592. The number of likely N-dealkylation sites (tertiary alicyclic amines) is 1. The van der Waals surface area contributed by atoms with Crippen molar-refractivity contribution in [2.75, 3.05) is 32.7 Å². The summed E-state index contributed by atoms with van der Waals surface area (Å²) in [5.74, 6) is 0.885. The molecule has 2 heterocycles. The maximum atomic E-state index is 5.84. The Balaban J connectivity index is 1.72. The van der Waals surface area contributed by atoms with E-state index >= 15 is 0 Å². The van der Waals surface area contributed by atoms with E-state index in [9.17, 15) is 0 Å². The molecule has 0 aliphatic carbocycles. The molecule has 2 aliphatic heterocycles. The molecule has 0 aromatic rings. The number of nitrogens with one attached hydrogen (secondary N) is 1. The molecule has 0 amide bonds. The molecule has 0 radical (unpaired) electrons. The van der Waals surface area contributed by atoms with Crippen LogP contribution in [0, 0.1) is 5.92 Å². The summed E-state index contributed by atoms with van der Waals surface area (Å²) in [4.78, 5) is 2.52. The first-order chi connectivity index (χ1) is 5.84. The summed E-state index contributed by atoms with van der Waals surface area (Å²) in [6.45, 7) is 6.03. The smallest absolute Gasteiger partial charge is 0.0180 e. The van der Waals surface area contributed by atoms with Crippen molar-refractivity contribution in [2.24, 2.45) is 11.7 Å². The number of nitrogens with two attached hydrogens (primary N) is 1. The van der Waals surface area contributed by atoms with Crippen LogP contribution in [0.15, 0.2) is 0 Å². The van der Waals surface area contributed by atoms with Gasteiger partial charge in [0.2, 0.25) is 0 Å². The lowest BCUT2D eigenvalue weighted by atomic mass is 10.1. The molecule has 12 heavy (non-hydrogen) atoms. The monoisotopic (exact) mass is 169 g/mol. The Morgan fingerprint density at radius 1 is 1.42 bits per heavy atom. The van der Waals surface area contributed by atoms with Crippen molar-refractivity contribution >= 4 is 0 Å². The fourth-order valence-electron chi connectivity index (χ4n) is 2.26. The van der Waals surface area contributed by atoms with Gasteiger partial charge in [-0.2, -0.15) is 0 Å². The Labute approximate surface area is 74.3 Å².